The third kappa shape index (κ3) is 2.52. The molecule has 3 heteroatoms. The number of hydrogen-bond acceptors (Lipinski definition) is 2. The van der Waals surface area contributed by atoms with Crippen LogP contribution in [-0.4, -0.2) is 16.6 Å². The maximum Gasteiger partial charge on any atom is 0.203 e. The van der Waals surface area contributed by atoms with Gasteiger partial charge >= 0.3 is 0 Å². The van der Waals surface area contributed by atoms with Crippen molar-refractivity contribution in [3.8, 4) is 0 Å². The molecule has 3 aromatic rings. The molecular weight excluding hydrogens is 246 g/mol. The summed E-state index contributed by atoms with van der Waals surface area (Å²) < 4.78 is 2.26. The van der Waals surface area contributed by atoms with E-state index in [0.29, 0.717) is 0 Å². The number of benzene rings is 2. The van der Waals surface area contributed by atoms with E-state index >= 15 is 0 Å². The molecule has 0 radical (unpaired) electrons. The summed E-state index contributed by atoms with van der Waals surface area (Å²) in [6.45, 7) is 0.978. The lowest BCUT2D eigenvalue weighted by atomic mass is 10.1. The maximum absolute atomic E-state index is 4.61. The fourth-order valence-electron chi connectivity index (χ4n) is 2.58. The van der Waals surface area contributed by atoms with Gasteiger partial charge in [0, 0.05) is 13.6 Å². The van der Waals surface area contributed by atoms with Crippen LogP contribution in [0.25, 0.3) is 11.0 Å². The molecule has 0 aliphatic carbocycles. The van der Waals surface area contributed by atoms with Gasteiger partial charge in [-0.2, -0.15) is 0 Å². The van der Waals surface area contributed by atoms with Crippen molar-refractivity contribution in [3.05, 3.63) is 60.2 Å². The van der Waals surface area contributed by atoms with E-state index in [2.05, 4.69) is 63.4 Å². The van der Waals surface area contributed by atoms with Crippen LogP contribution in [0.4, 0.5) is 5.95 Å². The zero-order chi connectivity index (χ0) is 13.8. The van der Waals surface area contributed by atoms with Gasteiger partial charge in [0.05, 0.1) is 11.0 Å². The number of nitrogens with zero attached hydrogens (tertiary/aromatic N) is 2. The van der Waals surface area contributed by atoms with Crippen LogP contribution < -0.4 is 5.32 Å². The van der Waals surface area contributed by atoms with Crippen molar-refractivity contribution in [2.75, 3.05) is 12.4 Å². The van der Waals surface area contributed by atoms with Gasteiger partial charge < -0.3 is 9.88 Å². The molecule has 0 fully saturated rings. The Morgan fingerprint density at radius 2 is 1.75 bits per heavy atom. The van der Waals surface area contributed by atoms with E-state index in [-0.39, 0.29) is 0 Å². The standard InChI is InChI=1S/C17H19N3/c1-18-17-19-15-11-5-6-12-16(15)20(17)13-7-10-14-8-3-2-4-9-14/h2-6,8-9,11-12H,7,10,13H2,1H3,(H,18,19). The van der Waals surface area contributed by atoms with E-state index in [1.54, 1.807) is 0 Å². The summed E-state index contributed by atoms with van der Waals surface area (Å²) in [4.78, 5) is 4.61. The molecule has 0 atom stereocenters. The molecule has 1 N–H and O–H groups in total. The predicted molar refractivity (Wildman–Crippen MR) is 84.0 cm³/mol. The van der Waals surface area contributed by atoms with Crippen LogP contribution in [0.3, 0.4) is 0 Å². The van der Waals surface area contributed by atoms with Crippen LogP contribution in [0.15, 0.2) is 54.6 Å². The molecular formula is C17H19N3. The molecule has 0 saturated heterocycles. The van der Waals surface area contributed by atoms with Gasteiger partial charge in [-0.3, -0.25) is 0 Å². The molecule has 0 unspecified atom stereocenters. The van der Waals surface area contributed by atoms with Crippen molar-refractivity contribution in [1.29, 1.82) is 0 Å². The monoisotopic (exact) mass is 265 g/mol. The smallest absolute Gasteiger partial charge is 0.203 e. The quantitative estimate of drug-likeness (QED) is 0.762. The topological polar surface area (TPSA) is 29.9 Å². The van der Waals surface area contributed by atoms with Gasteiger partial charge in [-0.05, 0) is 30.5 Å². The Kier molecular flexibility index (Phi) is 3.68. The van der Waals surface area contributed by atoms with Crippen molar-refractivity contribution in [1.82, 2.24) is 9.55 Å². The largest absolute Gasteiger partial charge is 0.359 e. The summed E-state index contributed by atoms with van der Waals surface area (Å²) in [6, 6.07) is 18.9. The van der Waals surface area contributed by atoms with Crippen LogP contribution in [0, 0.1) is 0 Å². The molecule has 0 spiro atoms. The Hall–Kier alpha value is -2.29. The average Bonchev–Trinajstić information content (AvgIpc) is 2.87. The second-order valence-electron chi connectivity index (χ2n) is 4.91. The Balaban J connectivity index is 1.77. The van der Waals surface area contributed by atoms with Crippen LogP contribution in [-0.2, 0) is 13.0 Å². The molecule has 0 amide bonds. The molecule has 1 aromatic heterocycles. The van der Waals surface area contributed by atoms with Crippen molar-refractivity contribution < 1.29 is 0 Å². The second-order valence-corrected chi connectivity index (χ2v) is 4.91. The fourth-order valence-corrected chi connectivity index (χ4v) is 2.58. The van der Waals surface area contributed by atoms with Crippen LogP contribution in [0.1, 0.15) is 12.0 Å². The summed E-state index contributed by atoms with van der Waals surface area (Å²) in [6.07, 6.45) is 2.20. The number of nitrogens with one attached hydrogen (secondary N) is 1. The van der Waals surface area contributed by atoms with Crippen LogP contribution >= 0.6 is 0 Å². The van der Waals surface area contributed by atoms with Gasteiger partial charge in [-0.15, -0.1) is 0 Å². The van der Waals surface area contributed by atoms with E-state index in [1.165, 1.54) is 11.1 Å². The number of imidazole rings is 1. The van der Waals surface area contributed by atoms with Crippen molar-refractivity contribution in [2.45, 2.75) is 19.4 Å². The first-order valence-corrected chi connectivity index (χ1v) is 7.05. The summed E-state index contributed by atoms with van der Waals surface area (Å²) in [5.74, 6) is 0.944. The van der Waals surface area contributed by atoms with E-state index in [1.807, 2.05) is 13.1 Å². The molecule has 1 heterocycles. The molecule has 20 heavy (non-hydrogen) atoms. The Morgan fingerprint density at radius 3 is 2.55 bits per heavy atom. The molecule has 0 aliphatic heterocycles. The van der Waals surface area contributed by atoms with Crippen LogP contribution in [0.2, 0.25) is 0 Å². The summed E-state index contributed by atoms with van der Waals surface area (Å²) in [5, 5.41) is 3.19. The van der Waals surface area contributed by atoms with Gasteiger partial charge in [0.25, 0.3) is 0 Å². The number of aromatic nitrogens is 2. The first-order valence-electron chi connectivity index (χ1n) is 7.05. The third-order valence-electron chi connectivity index (χ3n) is 3.57. The van der Waals surface area contributed by atoms with Crippen molar-refractivity contribution in [3.63, 3.8) is 0 Å². The van der Waals surface area contributed by atoms with E-state index < -0.39 is 0 Å². The lowest BCUT2D eigenvalue weighted by Gasteiger charge is -2.08. The van der Waals surface area contributed by atoms with E-state index in [4.69, 9.17) is 0 Å². The van der Waals surface area contributed by atoms with Gasteiger partial charge in [0.15, 0.2) is 0 Å². The molecule has 0 bridgehead atoms. The highest BCUT2D eigenvalue weighted by atomic mass is 15.2. The zero-order valence-corrected chi connectivity index (χ0v) is 11.7. The maximum atomic E-state index is 4.61. The first-order chi connectivity index (χ1) is 9.88. The molecule has 3 nitrogen and oxygen atoms in total. The minimum atomic E-state index is 0.944. The minimum absolute atomic E-state index is 0.944. The highest BCUT2D eigenvalue weighted by Crippen LogP contribution is 2.20. The van der Waals surface area contributed by atoms with Gasteiger partial charge in [0.1, 0.15) is 0 Å². The Morgan fingerprint density at radius 1 is 1.00 bits per heavy atom. The third-order valence-corrected chi connectivity index (χ3v) is 3.57. The summed E-state index contributed by atoms with van der Waals surface area (Å²) in [5.41, 5.74) is 3.64. The molecule has 102 valence electrons. The zero-order valence-electron chi connectivity index (χ0n) is 11.7. The summed E-state index contributed by atoms with van der Waals surface area (Å²) >= 11 is 0. The Bertz CT molecular complexity index is 686. The van der Waals surface area contributed by atoms with Gasteiger partial charge in [-0.1, -0.05) is 42.5 Å². The number of anilines is 1. The lowest BCUT2D eigenvalue weighted by Crippen LogP contribution is -2.04. The van der Waals surface area contributed by atoms with Crippen LogP contribution in [0.5, 0.6) is 0 Å². The second kappa shape index (κ2) is 5.78. The fraction of sp³-hybridized carbons (Fsp3) is 0.235. The number of aryl methyl sites for hydroxylation is 2. The van der Waals surface area contributed by atoms with Gasteiger partial charge in [0.2, 0.25) is 5.95 Å². The average molecular weight is 265 g/mol. The van der Waals surface area contributed by atoms with Crippen molar-refractivity contribution in [2.24, 2.45) is 0 Å². The van der Waals surface area contributed by atoms with Crippen molar-refractivity contribution >= 4 is 17.0 Å². The normalized spacial score (nSPS) is 10.8. The van der Waals surface area contributed by atoms with E-state index in [9.17, 15) is 0 Å². The number of hydrogen-bond donors (Lipinski definition) is 1. The molecule has 3 rings (SSSR count). The highest BCUT2D eigenvalue weighted by Gasteiger charge is 2.08. The SMILES string of the molecule is CNc1nc2ccccc2n1CCCc1ccccc1. The van der Waals surface area contributed by atoms with Gasteiger partial charge in [-0.25, -0.2) is 4.98 Å². The minimum Gasteiger partial charge on any atom is -0.359 e. The van der Waals surface area contributed by atoms with E-state index in [0.717, 1.165) is 30.9 Å². The number of rotatable bonds is 5. The Labute approximate surface area is 119 Å². The number of fused-ring (bicyclic) bond motifs is 1. The molecule has 2 aromatic carbocycles. The molecule has 0 aliphatic rings. The molecule has 0 saturated carbocycles. The summed E-state index contributed by atoms with van der Waals surface area (Å²) in [7, 11) is 1.93. The number of para-hydroxylation sites is 2. The lowest BCUT2D eigenvalue weighted by molar-refractivity contribution is 0.663. The predicted octanol–water partition coefficient (Wildman–Crippen LogP) is 3.71. The highest BCUT2D eigenvalue weighted by molar-refractivity contribution is 5.78. The first kappa shape index (κ1) is 12.7.